The average Bonchev–Trinajstić information content (AvgIpc) is 2.86. The number of carbonyl (C=O) groups is 1. The molecular formula is C19H26N2O2. The number of carbonyl (C=O) groups excluding carboxylic acids is 1. The van der Waals surface area contributed by atoms with Crippen molar-refractivity contribution in [3.8, 4) is 0 Å². The number of aliphatic hydroxyl groups is 1. The topological polar surface area (TPSA) is 45.5 Å². The van der Waals surface area contributed by atoms with Crippen molar-refractivity contribution < 1.29 is 9.90 Å². The van der Waals surface area contributed by atoms with Crippen molar-refractivity contribution in [2.45, 2.75) is 46.6 Å². The molecule has 4 nitrogen and oxygen atoms in total. The van der Waals surface area contributed by atoms with Gasteiger partial charge >= 0.3 is 0 Å². The summed E-state index contributed by atoms with van der Waals surface area (Å²) in [7, 11) is 0. The number of rotatable bonds is 5. The van der Waals surface area contributed by atoms with Crippen LogP contribution in [0.5, 0.6) is 0 Å². The minimum absolute atomic E-state index is 0.0475. The Morgan fingerprint density at radius 1 is 1.22 bits per heavy atom. The molecular weight excluding hydrogens is 288 g/mol. The number of aliphatic hydroxyl groups excluding tert-OH is 1. The molecule has 2 heterocycles. The molecule has 0 fully saturated rings. The lowest BCUT2D eigenvalue weighted by Crippen LogP contribution is -2.39. The fourth-order valence-corrected chi connectivity index (χ4v) is 3.68. The Labute approximate surface area is 137 Å². The van der Waals surface area contributed by atoms with Crippen LogP contribution in [-0.4, -0.2) is 40.2 Å². The highest BCUT2D eigenvalue weighted by Crippen LogP contribution is 2.33. The molecule has 4 heteroatoms. The van der Waals surface area contributed by atoms with Crippen LogP contribution in [0.25, 0.3) is 10.9 Å². The molecule has 0 aliphatic carbocycles. The van der Waals surface area contributed by atoms with Crippen molar-refractivity contribution >= 4 is 16.8 Å². The molecule has 124 valence electrons. The second-order valence-electron chi connectivity index (χ2n) is 6.50. The number of hydrogen-bond acceptors (Lipinski definition) is 2. The van der Waals surface area contributed by atoms with Crippen LogP contribution in [-0.2, 0) is 13.0 Å². The number of nitrogens with zero attached hydrogens (tertiary/aromatic N) is 2. The van der Waals surface area contributed by atoms with E-state index < -0.39 is 0 Å². The molecule has 0 saturated carbocycles. The minimum Gasteiger partial charge on any atom is -0.395 e. The lowest BCUT2D eigenvalue weighted by Gasteiger charge is -2.28. The summed E-state index contributed by atoms with van der Waals surface area (Å²) < 4.78 is 2.05. The number of benzene rings is 1. The molecule has 1 amide bonds. The molecule has 0 unspecified atom stereocenters. The van der Waals surface area contributed by atoms with E-state index in [0.717, 1.165) is 49.1 Å². The largest absolute Gasteiger partial charge is 0.395 e. The van der Waals surface area contributed by atoms with Crippen LogP contribution in [0.1, 0.15) is 46.9 Å². The van der Waals surface area contributed by atoms with Crippen molar-refractivity contribution in [1.82, 2.24) is 9.47 Å². The Kier molecular flexibility index (Phi) is 4.44. The van der Waals surface area contributed by atoms with Crippen LogP contribution in [0.15, 0.2) is 12.1 Å². The normalized spacial score (nSPS) is 14.6. The Morgan fingerprint density at radius 2 is 2.00 bits per heavy atom. The van der Waals surface area contributed by atoms with Crippen molar-refractivity contribution in [1.29, 1.82) is 0 Å². The average molecular weight is 314 g/mol. The van der Waals surface area contributed by atoms with Crippen molar-refractivity contribution in [2.75, 3.05) is 19.7 Å². The standard InChI is InChI=1S/C19H26N2O2/c1-4-5-9-20-10-8-16-15-7-6-13(2)14(3)17(15)21(11-12-22)18(16)19(20)23/h6-7,22H,4-5,8-12H2,1-3H3. The first-order chi connectivity index (χ1) is 11.1. The van der Waals surface area contributed by atoms with Crippen LogP contribution in [0, 0.1) is 13.8 Å². The van der Waals surface area contributed by atoms with Gasteiger partial charge in [0.2, 0.25) is 0 Å². The van der Waals surface area contributed by atoms with E-state index in [0.29, 0.717) is 6.54 Å². The fraction of sp³-hybridized carbons (Fsp3) is 0.526. The van der Waals surface area contributed by atoms with Crippen molar-refractivity contribution in [3.63, 3.8) is 0 Å². The number of fused-ring (bicyclic) bond motifs is 3. The first-order valence-corrected chi connectivity index (χ1v) is 8.61. The first kappa shape index (κ1) is 16.1. The second-order valence-corrected chi connectivity index (χ2v) is 6.50. The summed E-state index contributed by atoms with van der Waals surface area (Å²) in [5.41, 5.74) is 5.51. The maximum atomic E-state index is 13.0. The molecule has 2 aromatic rings. The maximum Gasteiger partial charge on any atom is 0.270 e. The van der Waals surface area contributed by atoms with Crippen molar-refractivity contribution in [3.05, 3.63) is 34.5 Å². The summed E-state index contributed by atoms with van der Waals surface area (Å²) in [6.07, 6.45) is 3.04. The van der Waals surface area contributed by atoms with Gasteiger partial charge in [-0.25, -0.2) is 0 Å². The number of unbranched alkanes of at least 4 members (excludes halogenated alkanes) is 1. The van der Waals surface area contributed by atoms with E-state index >= 15 is 0 Å². The molecule has 1 aliphatic heterocycles. The smallest absolute Gasteiger partial charge is 0.270 e. The van der Waals surface area contributed by atoms with Crippen LogP contribution in [0.4, 0.5) is 0 Å². The third-order valence-electron chi connectivity index (χ3n) is 5.08. The number of aromatic nitrogens is 1. The van der Waals surface area contributed by atoms with Gasteiger partial charge in [-0.15, -0.1) is 0 Å². The van der Waals surface area contributed by atoms with Crippen molar-refractivity contribution in [2.24, 2.45) is 0 Å². The molecule has 1 aromatic heterocycles. The lowest BCUT2D eigenvalue weighted by atomic mass is 10.00. The maximum absolute atomic E-state index is 13.0. The highest BCUT2D eigenvalue weighted by Gasteiger charge is 2.31. The molecule has 3 rings (SSSR count). The summed E-state index contributed by atoms with van der Waals surface area (Å²) in [6, 6.07) is 4.27. The van der Waals surface area contributed by atoms with E-state index in [2.05, 4.69) is 32.9 Å². The van der Waals surface area contributed by atoms with Gasteiger partial charge in [-0.05, 0) is 43.4 Å². The Hall–Kier alpha value is -1.81. The molecule has 0 bridgehead atoms. The Balaban J connectivity index is 2.18. The van der Waals surface area contributed by atoms with Crippen LogP contribution >= 0.6 is 0 Å². The molecule has 0 atom stereocenters. The fourth-order valence-electron chi connectivity index (χ4n) is 3.68. The predicted octanol–water partition coefficient (Wildman–Crippen LogP) is 3.05. The molecule has 0 saturated heterocycles. The van der Waals surface area contributed by atoms with Gasteiger partial charge in [0.1, 0.15) is 5.69 Å². The molecule has 1 aliphatic rings. The van der Waals surface area contributed by atoms with E-state index in [9.17, 15) is 9.90 Å². The quantitative estimate of drug-likeness (QED) is 0.922. The van der Waals surface area contributed by atoms with Crippen LogP contribution in [0.2, 0.25) is 0 Å². The molecule has 0 spiro atoms. The Morgan fingerprint density at radius 3 is 2.70 bits per heavy atom. The molecule has 1 N–H and O–H groups in total. The monoisotopic (exact) mass is 314 g/mol. The van der Waals surface area contributed by atoms with E-state index in [1.165, 1.54) is 16.5 Å². The third kappa shape index (κ3) is 2.55. The lowest BCUT2D eigenvalue weighted by molar-refractivity contribution is 0.0725. The summed E-state index contributed by atoms with van der Waals surface area (Å²) in [6.45, 7) is 8.50. The van der Waals surface area contributed by atoms with Gasteiger partial charge in [0, 0.05) is 25.0 Å². The van der Waals surface area contributed by atoms with E-state index in [-0.39, 0.29) is 12.5 Å². The first-order valence-electron chi connectivity index (χ1n) is 8.61. The van der Waals surface area contributed by atoms with E-state index in [4.69, 9.17) is 0 Å². The van der Waals surface area contributed by atoms with Gasteiger partial charge in [-0.2, -0.15) is 0 Å². The SMILES string of the molecule is CCCCN1CCc2c(n(CCO)c3c(C)c(C)ccc23)C1=O. The Bertz CT molecular complexity index is 746. The molecule has 1 aromatic carbocycles. The van der Waals surface area contributed by atoms with E-state index in [1.54, 1.807) is 0 Å². The van der Waals surface area contributed by atoms with Gasteiger partial charge < -0.3 is 14.6 Å². The van der Waals surface area contributed by atoms with Gasteiger partial charge in [-0.3, -0.25) is 4.79 Å². The summed E-state index contributed by atoms with van der Waals surface area (Å²) in [4.78, 5) is 15.0. The number of amides is 1. The zero-order valence-electron chi connectivity index (χ0n) is 14.4. The third-order valence-corrected chi connectivity index (χ3v) is 5.08. The summed E-state index contributed by atoms with van der Waals surface area (Å²) >= 11 is 0. The number of hydrogen-bond donors (Lipinski definition) is 1. The molecule has 23 heavy (non-hydrogen) atoms. The van der Waals surface area contributed by atoms with E-state index in [1.807, 2.05) is 9.47 Å². The highest BCUT2D eigenvalue weighted by molar-refractivity contribution is 6.03. The minimum atomic E-state index is 0.0475. The van der Waals surface area contributed by atoms with Gasteiger partial charge in [-0.1, -0.05) is 25.5 Å². The van der Waals surface area contributed by atoms with Crippen LogP contribution < -0.4 is 0 Å². The van der Waals surface area contributed by atoms with Gasteiger partial charge in [0.25, 0.3) is 5.91 Å². The van der Waals surface area contributed by atoms with Gasteiger partial charge in [0.15, 0.2) is 0 Å². The number of aryl methyl sites for hydroxylation is 2. The zero-order chi connectivity index (χ0) is 16.6. The summed E-state index contributed by atoms with van der Waals surface area (Å²) in [5.74, 6) is 0.126. The van der Waals surface area contributed by atoms with Gasteiger partial charge in [0.05, 0.1) is 12.1 Å². The molecule has 0 radical (unpaired) electrons. The zero-order valence-corrected chi connectivity index (χ0v) is 14.4. The highest BCUT2D eigenvalue weighted by atomic mass is 16.3. The second kappa shape index (κ2) is 6.36. The summed E-state index contributed by atoms with van der Waals surface area (Å²) in [5, 5.41) is 10.7. The van der Waals surface area contributed by atoms with Crippen LogP contribution in [0.3, 0.4) is 0 Å². The predicted molar refractivity (Wildman–Crippen MR) is 93.0 cm³/mol.